The van der Waals surface area contributed by atoms with Crippen molar-refractivity contribution in [3.05, 3.63) is 47.3 Å². The Kier molecular flexibility index (Phi) is 5.16. The van der Waals surface area contributed by atoms with Crippen LogP contribution in [0.4, 0.5) is 0 Å². The fourth-order valence-electron chi connectivity index (χ4n) is 1.79. The van der Waals surface area contributed by atoms with Crippen LogP contribution in [0.2, 0.25) is 0 Å². The van der Waals surface area contributed by atoms with Crippen molar-refractivity contribution in [3.8, 4) is 5.75 Å². The fourth-order valence-corrected chi connectivity index (χ4v) is 2.17. The molecule has 5 nitrogen and oxygen atoms in total. The Labute approximate surface area is 128 Å². The minimum absolute atomic E-state index is 0.170. The second kappa shape index (κ2) is 7.08. The number of aryl methyl sites for hydroxylation is 1. The molecule has 1 aromatic carbocycles. The Hall–Kier alpha value is -2.08. The highest BCUT2D eigenvalue weighted by Gasteiger charge is 2.11. The molecule has 2 rings (SSSR count). The maximum atomic E-state index is 12.1. The summed E-state index contributed by atoms with van der Waals surface area (Å²) >= 11 is 1.45. The van der Waals surface area contributed by atoms with E-state index in [1.807, 2.05) is 37.4 Å². The van der Waals surface area contributed by atoms with Crippen molar-refractivity contribution in [3.63, 3.8) is 0 Å². The summed E-state index contributed by atoms with van der Waals surface area (Å²) < 4.78 is 5.10. The number of amides is 1. The SMILES string of the molecule is COc1ccc(CNC(=O)c2cnc(SC)nc2C)cc1. The average Bonchev–Trinajstić information content (AvgIpc) is 2.52. The molecule has 0 bridgehead atoms. The first kappa shape index (κ1) is 15.3. The van der Waals surface area contributed by atoms with Crippen molar-refractivity contribution in [2.24, 2.45) is 0 Å². The van der Waals surface area contributed by atoms with E-state index in [0.29, 0.717) is 23.0 Å². The molecule has 0 aliphatic heterocycles. The lowest BCUT2D eigenvalue weighted by atomic mass is 10.2. The number of hydrogen-bond acceptors (Lipinski definition) is 5. The minimum Gasteiger partial charge on any atom is -0.497 e. The van der Waals surface area contributed by atoms with Gasteiger partial charge in [-0.15, -0.1) is 0 Å². The number of hydrogen-bond donors (Lipinski definition) is 1. The van der Waals surface area contributed by atoms with E-state index < -0.39 is 0 Å². The van der Waals surface area contributed by atoms with Crippen LogP contribution < -0.4 is 10.1 Å². The van der Waals surface area contributed by atoms with Crippen LogP contribution >= 0.6 is 11.8 Å². The number of aromatic nitrogens is 2. The fraction of sp³-hybridized carbons (Fsp3) is 0.267. The van der Waals surface area contributed by atoms with Gasteiger partial charge in [-0.25, -0.2) is 9.97 Å². The van der Waals surface area contributed by atoms with Crippen LogP contribution in [-0.2, 0) is 6.54 Å². The van der Waals surface area contributed by atoms with Crippen LogP contribution in [-0.4, -0.2) is 29.2 Å². The molecule has 0 saturated heterocycles. The van der Waals surface area contributed by atoms with E-state index in [1.165, 1.54) is 11.8 Å². The molecule has 0 spiro atoms. The summed E-state index contributed by atoms with van der Waals surface area (Å²) in [6, 6.07) is 7.56. The third kappa shape index (κ3) is 3.95. The van der Waals surface area contributed by atoms with Crippen LogP contribution in [0, 0.1) is 6.92 Å². The minimum atomic E-state index is -0.170. The van der Waals surface area contributed by atoms with Crippen molar-refractivity contribution in [1.82, 2.24) is 15.3 Å². The number of rotatable bonds is 5. The van der Waals surface area contributed by atoms with Crippen LogP contribution in [0.25, 0.3) is 0 Å². The zero-order valence-electron chi connectivity index (χ0n) is 12.2. The maximum absolute atomic E-state index is 12.1. The first-order valence-electron chi connectivity index (χ1n) is 6.43. The quantitative estimate of drug-likeness (QED) is 0.679. The van der Waals surface area contributed by atoms with Gasteiger partial charge in [-0.3, -0.25) is 4.79 Å². The van der Waals surface area contributed by atoms with Crippen molar-refractivity contribution in [2.45, 2.75) is 18.6 Å². The number of nitrogens with zero attached hydrogens (tertiary/aromatic N) is 2. The second-order valence-electron chi connectivity index (χ2n) is 4.39. The van der Waals surface area contributed by atoms with Gasteiger partial charge in [0.15, 0.2) is 5.16 Å². The van der Waals surface area contributed by atoms with E-state index in [-0.39, 0.29) is 5.91 Å². The molecule has 0 fully saturated rings. The summed E-state index contributed by atoms with van der Waals surface area (Å²) in [5.74, 6) is 0.623. The molecule has 21 heavy (non-hydrogen) atoms. The molecule has 0 saturated carbocycles. The molecule has 2 aromatic rings. The molecule has 0 aliphatic rings. The lowest BCUT2D eigenvalue weighted by molar-refractivity contribution is 0.0949. The van der Waals surface area contributed by atoms with Crippen LogP contribution in [0.3, 0.4) is 0 Å². The number of ether oxygens (including phenoxy) is 1. The van der Waals surface area contributed by atoms with E-state index in [9.17, 15) is 4.79 Å². The van der Waals surface area contributed by atoms with Gasteiger partial charge in [-0.1, -0.05) is 23.9 Å². The number of thioether (sulfide) groups is 1. The van der Waals surface area contributed by atoms with E-state index in [0.717, 1.165) is 11.3 Å². The van der Waals surface area contributed by atoms with Crippen LogP contribution in [0.15, 0.2) is 35.6 Å². The second-order valence-corrected chi connectivity index (χ2v) is 5.16. The molecule has 0 atom stereocenters. The molecular weight excluding hydrogens is 286 g/mol. The largest absolute Gasteiger partial charge is 0.497 e. The Morgan fingerprint density at radius 3 is 2.62 bits per heavy atom. The average molecular weight is 303 g/mol. The monoisotopic (exact) mass is 303 g/mol. The van der Waals surface area contributed by atoms with E-state index in [2.05, 4.69) is 15.3 Å². The molecule has 1 N–H and O–H groups in total. The predicted molar refractivity (Wildman–Crippen MR) is 82.7 cm³/mol. The molecule has 1 amide bonds. The Bertz CT molecular complexity index is 629. The van der Waals surface area contributed by atoms with E-state index in [4.69, 9.17) is 4.74 Å². The summed E-state index contributed by atoms with van der Waals surface area (Å²) in [4.78, 5) is 20.5. The lowest BCUT2D eigenvalue weighted by Gasteiger charge is -2.08. The summed E-state index contributed by atoms with van der Waals surface area (Å²) in [6.45, 7) is 2.26. The van der Waals surface area contributed by atoms with Gasteiger partial charge < -0.3 is 10.1 Å². The van der Waals surface area contributed by atoms with Crippen LogP contribution in [0.1, 0.15) is 21.6 Å². The van der Waals surface area contributed by atoms with Gasteiger partial charge in [0.05, 0.1) is 18.4 Å². The molecular formula is C15H17N3O2S. The third-order valence-electron chi connectivity index (χ3n) is 3.00. The number of carbonyl (C=O) groups excluding carboxylic acids is 1. The highest BCUT2D eigenvalue weighted by Crippen LogP contribution is 2.13. The van der Waals surface area contributed by atoms with Gasteiger partial charge >= 0.3 is 0 Å². The molecule has 0 unspecified atom stereocenters. The van der Waals surface area contributed by atoms with Gasteiger partial charge in [-0.2, -0.15) is 0 Å². The normalized spacial score (nSPS) is 10.2. The van der Waals surface area contributed by atoms with E-state index in [1.54, 1.807) is 13.3 Å². The molecule has 0 radical (unpaired) electrons. The number of carbonyl (C=O) groups is 1. The van der Waals surface area contributed by atoms with Crippen molar-refractivity contribution < 1.29 is 9.53 Å². The maximum Gasteiger partial charge on any atom is 0.254 e. The molecule has 1 aromatic heterocycles. The Balaban J connectivity index is 2.00. The summed E-state index contributed by atoms with van der Waals surface area (Å²) in [5, 5.41) is 3.53. The Morgan fingerprint density at radius 1 is 1.33 bits per heavy atom. The molecule has 6 heteroatoms. The highest BCUT2D eigenvalue weighted by atomic mass is 32.2. The molecule has 110 valence electrons. The Morgan fingerprint density at radius 2 is 2.05 bits per heavy atom. The first-order chi connectivity index (χ1) is 10.1. The number of methoxy groups -OCH3 is 1. The third-order valence-corrected chi connectivity index (χ3v) is 3.56. The first-order valence-corrected chi connectivity index (χ1v) is 7.65. The zero-order chi connectivity index (χ0) is 15.2. The summed E-state index contributed by atoms with van der Waals surface area (Å²) in [5.41, 5.74) is 2.19. The summed E-state index contributed by atoms with van der Waals surface area (Å²) in [6.07, 6.45) is 3.47. The highest BCUT2D eigenvalue weighted by molar-refractivity contribution is 7.98. The van der Waals surface area contributed by atoms with Crippen LogP contribution in [0.5, 0.6) is 5.75 Å². The van der Waals surface area contributed by atoms with Crippen molar-refractivity contribution in [2.75, 3.05) is 13.4 Å². The van der Waals surface area contributed by atoms with E-state index >= 15 is 0 Å². The summed E-state index contributed by atoms with van der Waals surface area (Å²) in [7, 11) is 1.62. The zero-order valence-corrected chi connectivity index (χ0v) is 13.0. The van der Waals surface area contributed by atoms with Gasteiger partial charge in [0.25, 0.3) is 5.91 Å². The lowest BCUT2D eigenvalue weighted by Crippen LogP contribution is -2.24. The van der Waals surface area contributed by atoms with Gasteiger partial charge in [0.2, 0.25) is 0 Å². The number of benzene rings is 1. The smallest absolute Gasteiger partial charge is 0.254 e. The predicted octanol–water partition coefficient (Wildman–Crippen LogP) is 2.45. The van der Waals surface area contributed by atoms with Crippen molar-refractivity contribution in [1.29, 1.82) is 0 Å². The topological polar surface area (TPSA) is 64.1 Å². The molecule has 1 heterocycles. The van der Waals surface area contributed by atoms with Gasteiger partial charge in [0, 0.05) is 12.7 Å². The van der Waals surface area contributed by atoms with Gasteiger partial charge in [0.1, 0.15) is 5.75 Å². The molecule has 0 aliphatic carbocycles. The van der Waals surface area contributed by atoms with Crippen molar-refractivity contribution >= 4 is 17.7 Å². The number of nitrogens with one attached hydrogen (secondary N) is 1. The standard InChI is InChI=1S/C15H17N3O2S/c1-10-13(9-17-15(18-10)21-3)14(19)16-8-11-4-6-12(20-2)7-5-11/h4-7,9H,8H2,1-3H3,(H,16,19). The van der Waals surface area contributed by atoms with Gasteiger partial charge in [-0.05, 0) is 30.9 Å².